The molecule has 0 rings (SSSR count). The van der Waals surface area contributed by atoms with Crippen molar-refractivity contribution in [1.29, 1.82) is 0 Å². The van der Waals surface area contributed by atoms with E-state index in [0.717, 1.165) is 10.8 Å². The number of nitrogens with two attached hydrogens (primary N) is 2. The Bertz CT molecular complexity index is 589. The van der Waals surface area contributed by atoms with Crippen molar-refractivity contribution in [1.82, 2.24) is 0 Å². The second-order valence-electron chi connectivity index (χ2n) is 7.85. The van der Waals surface area contributed by atoms with Gasteiger partial charge in [-0.15, -0.1) is 0 Å². The number of carbonyl (C=O) groups is 4. The fourth-order valence-electron chi connectivity index (χ4n) is 1.60. The molecule has 5 N–H and O–H groups in total. The van der Waals surface area contributed by atoms with Crippen LogP contribution in [-0.4, -0.2) is 77.5 Å². The standard InChI is InChI=1S/C16H27N2O7S2Se/c1-14(2,3)24-12(22)16(9(18)11(21)28,13(23)25-15(4,5)6)27-26-7-8(17)10(19)20/h8-9H,7,17-18H2,1-6H3,(H,19,20)/t8-,9+/m0/s1. The number of carbonyl (C=O) groups excluding carboxylic acids is 3. The first kappa shape index (κ1) is 27.2. The second kappa shape index (κ2) is 10.3. The third kappa shape index (κ3) is 8.30. The van der Waals surface area contributed by atoms with Gasteiger partial charge in [0.05, 0.1) is 0 Å². The average Bonchev–Trinajstić information content (AvgIpc) is 2.46. The van der Waals surface area contributed by atoms with Gasteiger partial charge in [-0.1, -0.05) is 0 Å². The molecule has 0 aliphatic heterocycles. The summed E-state index contributed by atoms with van der Waals surface area (Å²) >= 11 is 2.18. The SMILES string of the molecule is CC(C)(C)OC(=O)C(SSC[C@H](N)C(=O)O)(C(=O)OC(C)(C)C)[C@H](N)C(=O)[Se]. The molecule has 0 heterocycles. The molecule has 0 saturated carbocycles. The van der Waals surface area contributed by atoms with Gasteiger partial charge in [-0.05, 0) is 0 Å². The second-order valence-corrected chi connectivity index (χ2v) is 11.3. The van der Waals surface area contributed by atoms with Crippen molar-refractivity contribution in [2.45, 2.75) is 69.6 Å². The summed E-state index contributed by atoms with van der Waals surface area (Å²) in [7, 11) is 1.42. The van der Waals surface area contributed by atoms with E-state index in [1.54, 1.807) is 41.5 Å². The van der Waals surface area contributed by atoms with Gasteiger partial charge in [0, 0.05) is 0 Å². The molecule has 161 valence electrons. The summed E-state index contributed by atoms with van der Waals surface area (Å²) in [6, 6.07) is -2.87. The van der Waals surface area contributed by atoms with Crippen molar-refractivity contribution >= 4 is 60.2 Å². The molecule has 0 aliphatic carbocycles. The van der Waals surface area contributed by atoms with E-state index in [1.165, 1.54) is 0 Å². The number of ether oxygens (including phenoxy) is 2. The molecular weight excluding hydrogens is 475 g/mol. The summed E-state index contributed by atoms with van der Waals surface area (Å²) in [5.74, 6) is -3.53. The van der Waals surface area contributed by atoms with E-state index in [1.807, 2.05) is 0 Å². The van der Waals surface area contributed by atoms with Gasteiger partial charge < -0.3 is 0 Å². The molecule has 0 aromatic carbocycles. The van der Waals surface area contributed by atoms with Crippen molar-refractivity contribution in [3.8, 4) is 0 Å². The number of carboxylic acids is 1. The van der Waals surface area contributed by atoms with E-state index in [4.69, 9.17) is 26.0 Å². The zero-order valence-electron chi connectivity index (χ0n) is 16.6. The van der Waals surface area contributed by atoms with Gasteiger partial charge in [0.1, 0.15) is 0 Å². The van der Waals surface area contributed by atoms with E-state index in [2.05, 4.69) is 16.0 Å². The molecule has 1 radical (unpaired) electrons. The summed E-state index contributed by atoms with van der Waals surface area (Å²) in [5, 5.41) is 8.92. The first-order valence-electron chi connectivity index (χ1n) is 8.16. The number of hydrogen-bond acceptors (Lipinski definition) is 10. The Morgan fingerprint density at radius 3 is 1.64 bits per heavy atom. The number of hydrogen-bond donors (Lipinski definition) is 3. The van der Waals surface area contributed by atoms with Gasteiger partial charge in [-0.25, -0.2) is 0 Å². The maximum absolute atomic E-state index is 13.0. The molecule has 12 heteroatoms. The van der Waals surface area contributed by atoms with Crippen LogP contribution in [0, 0.1) is 0 Å². The Hall–Kier alpha value is -0.781. The van der Waals surface area contributed by atoms with Gasteiger partial charge in [0.2, 0.25) is 0 Å². The van der Waals surface area contributed by atoms with Gasteiger partial charge in [-0.2, -0.15) is 0 Å². The molecule has 0 spiro atoms. The van der Waals surface area contributed by atoms with Crippen LogP contribution >= 0.6 is 21.6 Å². The predicted molar refractivity (Wildman–Crippen MR) is 109 cm³/mol. The summed E-state index contributed by atoms with van der Waals surface area (Å²) in [4.78, 5) is 48.9. The van der Waals surface area contributed by atoms with Crippen LogP contribution in [0.15, 0.2) is 0 Å². The number of carboxylic acid groups (broad SMARTS) is 1. The summed E-state index contributed by atoms with van der Waals surface area (Å²) < 4.78 is 7.68. The number of aliphatic carboxylic acids is 1. The van der Waals surface area contributed by atoms with Crippen LogP contribution in [0.5, 0.6) is 0 Å². The van der Waals surface area contributed by atoms with Crippen LogP contribution in [0.4, 0.5) is 0 Å². The van der Waals surface area contributed by atoms with Crippen molar-refractivity contribution in [3.05, 3.63) is 0 Å². The average molecular weight is 502 g/mol. The molecular formula is C16H27N2O7S2Se. The molecule has 0 bridgehead atoms. The molecule has 2 atom stereocenters. The van der Waals surface area contributed by atoms with Crippen molar-refractivity contribution in [2.24, 2.45) is 11.5 Å². The minimum atomic E-state index is -2.26. The first-order valence-corrected chi connectivity index (χ1v) is 11.3. The van der Waals surface area contributed by atoms with Crippen molar-refractivity contribution in [3.63, 3.8) is 0 Å². The van der Waals surface area contributed by atoms with Gasteiger partial charge in [-0.3, -0.25) is 0 Å². The summed E-state index contributed by atoms with van der Waals surface area (Å²) in [6.45, 7) is 9.55. The Kier molecular flexibility index (Phi) is 10.0. The summed E-state index contributed by atoms with van der Waals surface area (Å²) in [6.07, 6.45) is 0. The van der Waals surface area contributed by atoms with Crippen LogP contribution in [-0.2, 0) is 28.7 Å². The summed E-state index contributed by atoms with van der Waals surface area (Å²) in [5.41, 5.74) is 9.46. The zero-order valence-corrected chi connectivity index (χ0v) is 20.0. The third-order valence-electron chi connectivity index (χ3n) is 2.85. The Balaban J connectivity index is 6.12. The van der Waals surface area contributed by atoms with Crippen LogP contribution < -0.4 is 11.5 Å². The molecule has 0 unspecified atom stereocenters. The zero-order chi connectivity index (χ0) is 22.5. The van der Waals surface area contributed by atoms with E-state index < -0.39 is 50.6 Å². The number of esters is 2. The van der Waals surface area contributed by atoms with E-state index in [-0.39, 0.29) is 5.75 Å². The predicted octanol–water partition coefficient (Wildman–Crippen LogP) is 0.224. The van der Waals surface area contributed by atoms with E-state index in [9.17, 15) is 19.2 Å². The van der Waals surface area contributed by atoms with Crippen LogP contribution in [0.25, 0.3) is 0 Å². The number of rotatable bonds is 9. The normalized spacial score (nSPS) is 14.7. The first-order chi connectivity index (χ1) is 12.4. The van der Waals surface area contributed by atoms with Crippen LogP contribution in [0.3, 0.4) is 0 Å². The Morgan fingerprint density at radius 1 is 0.964 bits per heavy atom. The van der Waals surface area contributed by atoms with Gasteiger partial charge in [0.25, 0.3) is 0 Å². The third-order valence-corrected chi connectivity index (χ3v) is 6.40. The monoisotopic (exact) mass is 503 g/mol. The Labute approximate surface area is 180 Å². The van der Waals surface area contributed by atoms with E-state index in [0.29, 0.717) is 10.8 Å². The minimum absolute atomic E-state index is 0.151. The molecule has 0 aliphatic rings. The quantitative estimate of drug-likeness (QED) is 0.171. The van der Waals surface area contributed by atoms with E-state index >= 15 is 0 Å². The fraction of sp³-hybridized carbons (Fsp3) is 0.750. The molecule has 0 saturated heterocycles. The van der Waals surface area contributed by atoms with Gasteiger partial charge >= 0.3 is 181 Å². The molecule has 0 aromatic heterocycles. The van der Waals surface area contributed by atoms with Crippen LogP contribution in [0.2, 0.25) is 0 Å². The van der Waals surface area contributed by atoms with Gasteiger partial charge in [0.15, 0.2) is 0 Å². The fourth-order valence-corrected chi connectivity index (χ4v) is 5.04. The topological polar surface area (TPSA) is 159 Å². The molecule has 0 amide bonds. The molecule has 28 heavy (non-hydrogen) atoms. The maximum atomic E-state index is 13.0. The Morgan fingerprint density at radius 2 is 1.36 bits per heavy atom. The molecule has 0 fully saturated rings. The molecule has 9 nitrogen and oxygen atoms in total. The van der Waals surface area contributed by atoms with Crippen molar-refractivity contribution < 1.29 is 33.8 Å². The van der Waals surface area contributed by atoms with Crippen LogP contribution in [0.1, 0.15) is 41.5 Å². The van der Waals surface area contributed by atoms with Crippen molar-refractivity contribution in [2.75, 3.05) is 5.75 Å². The molecule has 0 aromatic rings.